The zero-order chi connectivity index (χ0) is 21.7. The number of ether oxygens (including phenoxy) is 2. The number of nitrogens with zero attached hydrogens (tertiary/aromatic N) is 1. The number of hydrogen-bond acceptors (Lipinski definition) is 6. The SMILES string of the molecule is CCOc1ccc(NC(=O)[C@H](C)OC(=O)CCN2C(=O)[C@H]3CC=CC[C@H]3C2=O)cc1. The van der Waals surface area contributed by atoms with Gasteiger partial charge in [-0.1, -0.05) is 12.2 Å². The third kappa shape index (κ3) is 4.87. The number of rotatable bonds is 8. The molecule has 1 N–H and O–H groups in total. The quantitative estimate of drug-likeness (QED) is 0.398. The Bertz CT molecular complexity index is 822. The minimum Gasteiger partial charge on any atom is -0.494 e. The number of esters is 1. The van der Waals surface area contributed by atoms with Crippen molar-refractivity contribution in [3.05, 3.63) is 36.4 Å². The summed E-state index contributed by atoms with van der Waals surface area (Å²) in [5.41, 5.74) is 0.552. The van der Waals surface area contributed by atoms with E-state index in [9.17, 15) is 19.2 Å². The van der Waals surface area contributed by atoms with E-state index in [1.807, 2.05) is 19.1 Å². The van der Waals surface area contributed by atoms with Crippen molar-refractivity contribution in [2.24, 2.45) is 11.8 Å². The van der Waals surface area contributed by atoms with Gasteiger partial charge in [0, 0.05) is 12.2 Å². The van der Waals surface area contributed by atoms with E-state index >= 15 is 0 Å². The molecule has 8 nitrogen and oxygen atoms in total. The van der Waals surface area contributed by atoms with Gasteiger partial charge in [-0.15, -0.1) is 0 Å². The Morgan fingerprint density at radius 2 is 1.70 bits per heavy atom. The van der Waals surface area contributed by atoms with Crippen LogP contribution in [0.15, 0.2) is 36.4 Å². The third-order valence-electron chi connectivity index (χ3n) is 5.25. The molecule has 2 aliphatic rings. The van der Waals surface area contributed by atoms with Crippen molar-refractivity contribution in [3.63, 3.8) is 0 Å². The highest BCUT2D eigenvalue weighted by Crippen LogP contribution is 2.35. The number of amides is 3. The van der Waals surface area contributed by atoms with Crippen molar-refractivity contribution >= 4 is 29.4 Å². The molecule has 0 saturated carbocycles. The summed E-state index contributed by atoms with van der Waals surface area (Å²) in [6, 6.07) is 6.84. The maximum Gasteiger partial charge on any atom is 0.308 e. The molecule has 0 aromatic heterocycles. The second-order valence-electron chi connectivity index (χ2n) is 7.31. The Labute approximate surface area is 175 Å². The number of carbonyl (C=O) groups excluding carboxylic acids is 4. The third-order valence-corrected chi connectivity index (χ3v) is 5.25. The van der Waals surface area contributed by atoms with Crippen LogP contribution < -0.4 is 10.1 Å². The molecule has 1 aliphatic carbocycles. The van der Waals surface area contributed by atoms with Crippen LogP contribution in [-0.4, -0.2) is 47.8 Å². The molecule has 3 atom stereocenters. The second-order valence-corrected chi connectivity index (χ2v) is 7.31. The highest BCUT2D eigenvalue weighted by molar-refractivity contribution is 6.05. The number of anilines is 1. The average Bonchev–Trinajstić information content (AvgIpc) is 2.98. The number of allylic oxidation sites excluding steroid dienone is 2. The van der Waals surface area contributed by atoms with E-state index in [0.717, 1.165) is 4.90 Å². The van der Waals surface area contributed by atoms with E-state index in [-0.39, 0.29) is 36.6 Å². The van der Waals surface area contributed by atoms with Gasteiger partial charge < -0.3 is 14.8 Å². The molecule has 3 amide bonds. The minimum absolute atomic E-state index is 0.0310. The first-order chi connectivity index (χ1) is 14.4. The van der Waals surface area contributed by atoms with Gasteiger partial charge in [0.25, 0.3) is 5.91 Å². The van der Waals surface area contributed by atoms with Gasteiger partial charge in [-0.3, -0.25) is 24.1 Å². The lowest BCUT2D eigenvalue weighted by Crippen LogP contribution is -2.35. The zero-order valence-electron chi connectivity index (χ0n) is 17.1. The van der Waals surface area contributed by atoms with Gasteiger partial charge in [-0.05, 0) is 51.0 Å². The molecular formula is C22H26N2O6. The molecule has 3 rings (SSSR count). The monoisotopic (exact) mass is 414 g/mol. The lowest BCUT2D eigenvalue weighted by atomic mass is 9.85. The van der Waals surface area contributed by atoms with E-state index in [1.165, 1.54) is 6.92 Å². The van der Waals surface area contributed by atoms with Crippen LogP contribution in [0.3, 0.4) is 0 Å². The molecule has 0 unspecified atom stereocenters. The van der Waals surface area contributed by atoms with E-state index in [1.54, 1.807) is 24.3 Å². The molecule has 1 heterocycles. The van der Waals surface area contributed by atoms with Crippen molar-refractivity contribution < 1.29 is 28.7 Å². The van der Waals surface area contributed by atoms with Crippen LogP contribution in [0.25, 0.3) is 0 Å². The van der Waals surface area contributed by atoms with E-state index in [2.05, 4.69) is 5.32 Å². The molecular weight excluding hydrogens is 388 g/mol. The Morgan fingerprint density at radius 1 is 1.10 bits per heavy atom. The number of benzene rings is 1. The summed E-state index contributed by atoms with van der Waals surface area (Å²) in [5.74, 6) is -1.53. The first-order valence-electron chi connectivity index (χ1n) is 10.1. The fraction of sp³-hybridized carbons (Fsp3) is 0.455. The van der Waals surface area contributed by atoms with E-state index < -0.39 is 18.0 Å². The number of hydrogen-bond donors (Lipinski definition) is 1. The molecule has 1 fully saturated rings. The van der Waals surface area contributed by atoms with Crippen LogP contribution in [0.5, 0.6) is 5.75 Å². The summed E-state index contributed by atoms with van der Waals surface area (Å²) < 4.78 is 10.5. The molecule has 0 spiro atoms. The van der Waals surface area contributed by atoms with Crippen molar-refractivity contribution in [2.75, 3.05) is 18.5 Å². The number of nitrogens with one attached hydrogen (secondary N) is 1. The predicted octanol–water partition coefficient (Wildman–Crippen LogP) is 2.30. The first kappa shape index (κ1) is 21.5. The van der Waals surface area contributed by atoms with Crippen LogP contribution in [0.2, 0.25) is 0 Å². The smallest absolute Gasteiger partial charge is 0.308 e. The van der Waals surface area contributed by atoms with Gasteiger partial charge in [0.1, 0.15) is 5.75 Å². The summed E-state index contributed by atoms with van der Waals surface area (Å²) in [7, 11) is 0. The minimum atomic E-state index is -1.01. The largest absolute Gasteiger partial charge is 0.494 e. The standard InChI is InChI=1S/C22H26N2O6/c1-3-29-16-10-8-15(9-11-16)23-20(26)14(2)30-19(25)12-13-24-21(27)17-6-4-5-7-18(17)22(24)28/h4-5,8-11,14,17-18H,3,6-7,12-13H2,1-2H3,(H,23,26)/t14-,17-,18+/m0/s1. The maximum atomic E-state index is 12.4. The Kier molecular flexibility index (Phi) is 6.87. The number of carbonyl (C=O) groups is 4. The molecule has 8 heteroatoms. The predicted molar refractivity (Wildman–Crippen MR) is 108 cm³/mol. The molecule has 1 aliphatic heterocycles. The Hall–Kier alpha value is -3.16. The normalized spacial score (nSPS) is 21.2. The number of fused-ring (bicyclic) bond motifs is 1. The van der Waals surface area contributed by atoms with Gasteiger partial charge >= 0.3 is 5.97 Å². The van der Waals surface area contributed by atoms with Gasteiger partial charge in [0.15, 0.2) is 6.10 Å². The van der Waals surface area contributed by atoms with Crippen molar-refractivity contribution in [1.82, 2.24) is 4.90 Å². The van der Waals surface area contributed by atoms with Crippen LogP contribution in [0, 0.1) is 11.8 Å². The van der Waals surface area contributed by atoms with Gasteiger partial charge in [0.05, 0.1) is 24.9 Å². The molecule has 30 heavy (non-hydrogen) atoms. The van der Waals surface area contributed by atoms with Gasteiger partial charge in [-0.25, -0.2) is 0 Å². The average molecular weight is 414 g/mol. The van der Waals surface area contributed by atoms with Gasteiger partial charge in [0.2, 0.25) is 11.8 Å². The molecule has 0 radical (unpaired) electrons. The zero-order valence-corrected chi connectivity index (χ0v) is 17.1. The molecule has 160 valence electrons. The highest BCUT2D eigenvalue weighted by Gasteiger charge is 2.47. The molecule has 1 aromatic carbocycles. The fourth-order valence-electron chi connectivity index (χ4n) is 3.65. The highest BCUT2D eigenvalue weighted by atomic mass is 16.5. The molecule has 1 saturated heterocycles. The van der Waals surface area contributed by atoms with Crippen LogP contribution in [0.4, 0.5) is 5.69 Å². The summed E-state index contributed by atoms with van der Waals surface area (Å²) in [5, 5.41) is 2.66. The molecule has 1 aromatic rings. The Balaban J connectivity index is 1.45. The number of imide groups is 1. The summed E-state index contributed by atoms with van der Waals surface area (Å²) >= 11 is 0. The first-order valence-corrected chi connectivity index (χ1v) is 10.1. The van der Waals surface area contributed by atoms with Gasteiger partial charge in [-0.2, -0.15) is 0 Å². The van der Waals surface area contributed by atoms with Crippen LogP contribution in [0.1, 0.15) is 33.1 Å². The Morgan fingerprint density at radius 3 is 2.27 bits per heavy atom. The fourth-order valence-corrected chi connectivity index (χ4v) is 3.65. The summed E-state index contributed by atoms with van der Waals surface area (Å²) in [6.07, 6.45) is 3.77. The lowest BCUT2D eigenvalue weighted by Gasteiger charge is -2.16. The number of likely N-dealkylation sites (tertiary alicyclic amines) is 1. The van der Waals surface area contributed by atoms with E-state index in [4.69, 9.17) is 9.47 Å². The lowest BCUT2D eigenvalue weighted by molar-refractivity contribution is -0.154. The van der Waals surface area contributed by atoms with Crippen molar-refractivity contribution in [2.45, 2.75) is 39.2 Å². The van der Waals surface area contributed by atoms with Crippen LogP contribution >= 0.6 is 0 Å². The maximum absolute atomic E-state index is 12.4. The molecule has 0 bridgehead atoms. The summed E-state index contributed by atoms with van der Waals surface area (Å²) in [4.78, 5) is 50.3. The van der Waals surface area contributed by atoms with Crippen molar-refractivity contribution in [1.29, 1.82) is 0 Å². The topological polar surface area (TPSA) is 102 Å². The van der Waals surface area contributed by atoms with Crippen molar-refractivity contribution in [3.8, 4) is 5.75 Å². The van der Waals surface area contributed by atoms with Crippen LogP contribution in [-0.2, 0) is 23.9 Å². The van der Waals surface area contributed by atoms with E-state index in [0.29, 0.717) is 30.9 Å². The second kappa shape index (κ2) is 9.56. The summed E-state index contributed by atoms with van der Waals surface area (Å²) in [6.45, 7) is 3.86.